The van der Waals surface area contributed by atoms with Crippen LogP contribution in [0, 0.1) is 33.3 Å². The highest BCUT2D eigenvalue weighted by Gasteiger charge is 2.62. The molecule has 214 valence electrons. The topological polar surface area (TPSA) is 81.9 Å². The predicted molar refractivity (Wildman–Crippen MR) is 159 cm³/mol. The number of nitro groups is 1. The van der Waals surface area contributed by atoms with Gasteiger partial charge in [0.15, 0.2) is 0 Å². The minimum atomic E-state index is -3.36. The maximum absolute atomic E-state index is 15.0. The average molecular weight is 573 g/mol. The van der Waals surface area contributed by atoms with Crippen LogP contribution in [0.3, 0.4) is 0 Å². The molecule has 1 saturated heterocycles. The lowest BCUT2D eigenvalue weighted by molar-refractivity contribution is -0.384. The maximum atomic E-state index is 15.0. The lowest BCUT2D eigenvalue weighted by Gasteiger charge is -2.52. The van der Waals surface area contributed by atoms with Crippen molar-refractivity contribution in [1.82, 2.24) is 4.67 Å². The molecule has 0 N–H and O–H groups in total. The predicted octanol–water partition coefficient (Wildman–Crippen LogP) is 7.11. The van der Waals surface area contributed by atoms with Crippen molar-refractivity contribution in [2.75, 3.05) is 13.7 Å². The van der Waals surface area contributed by atoms with Crippen LogP contribution in [0.2, 0.25) is 0 Å². The van der Waals surface area contributed by atoms with Crippen molar-refractivity contribution in [1.29, 1.82) is 0 Å². The highest BCUT2D eigenvalue weighted by molar-refractivity contribution is 7.64. The lowest BCUT2D eigenvalue weighted by Crippen LogP contribution is -2.49. The van der Waals surface area contributed by atoms with Gasteiger partial charge in [-0.15, -0.1) is 0 Å². The number of nitro benzene ring substituents is 1. The molecule has 7 rings (SSSR count). The van der Waals surface area contributed by atoms with E-state index in [1.165, 1.54) is 29.7 Å². The second-order valence-corrected chi connectivity index (χ2v) is 15.0. The first-order valence-electron chi connectivity index (χ1n) is 14.8. The first kappa shape index (κ1) is 26.9. The molecule has 1 heterocycles. The second-order valence-electron chi connectivity index (χ2n) is 12.7. The molecular weight excluding hydrogens is 535 g/mol. The molecule has 1 aliphatic heterocycles. The van der Waals surface area contributed by atoms with E-state index in [1.807, 2.05) is 35.0 Å². The molecule has 0 radical (unpaired) electrons. The normalized spacial score (nSPS) is 34.1. The van der Waals surface area contributed by atoms with Crippen LogP contribution < -0.4 is 10.0 Å². The van der Waals surface area contributed by atoms with E-state index in [1.54, 1.807) is 19.2 Å². The molecule has 0 amide bonds. The van der Waals surface area contributed by atoms with Crippen molar-refractivity contribution in [3.8, 4) is 5.75 Å². The number of aryl methyl sites for hydroxylation is 1. The second kappa shape index (κ2) is 10.1. The molecule has 2 saturated carbocycles. The summed E-state index contributed by atoms with van der Waals surface area (Å²) < 4.78 is 29.5. The monoisotopic (exact) mass is 572 g/mol. The number of ether oxygens (including phenoxy) is 1. The van der Waals surface area contributed by atoms with Gasteiger partial charge in [-0.05, 0) is 102 Å². The molecule has 4 aliphatic rings. The first-order valence-corrected chi connectivity index (χ1v) is 16.4. The molecule has 0 spiro atoms. The van der Waals surface area contributed by atoms with Crippen molar-refractivity contribution in [2.24, 2.45) is 23.2 Å². The Morgan fingerprint density at radius 3 is 2.61 bits per heavy atom. The Morgan fingerprint density at radius 2 is 1.88 bits per heavy atom. The van der Waals surface area contributed by atoms with Crippen molar-refractivity contribution in [2.45, 2.75) is 57.6 Å². The van der Waals surface area contributed by atoms with E-state index in [-0.39, 0.29) is 22.1 Å². The van der Waals surface area contributed by atoms with Gasteiger partial charge in [0.2, 0.25) is 0 Å². The van der Waals surface area contributed by atoms with E-state index in [4.69, 9.17) is 9.26 Å². The lowest BCUT2D eigenvalue weighted by atomic mass is 9.55. The summed E-state index contributed by atoms with van der Waals surface area (Å²) in [4.78, 5) is 10.8. The van der Waals surface area contributed by atoms with Crippen LogP contribution in [0.4, 0.5) is 5.69 Å². The molecular formula is C33H37N2O5P. The zero-order chi connectivity index (χ0) is 28.4. The highest BCUT2D eigenvalue weighted by atomic mass is 31.2. The highest BCUT2D eigenvalue weighted by Crippen LogP contribution is 2.68. The Bertz CT molecular complexity index is 1510. The van der Waals surface area contributed by atoms with Crippen molar-refractivity contribution >= 4 is 18.5 Å². The maximum Gasteiger partial charge on any atom is 0.302 e. The summed E-state index contributed by atoms with van der Waals surface area (Å²) in [6.45, 7) is 3.53. The number of rotatable bonds is 5. The fourth-order valence-electron chi connectivity index (χ4n) is 8.73. The van der Waals surface area contributed by atoms with Gasteiger partial charge in [0.05, 0.1) is 23.4 Å². The molecule has 3 aromatic carbocycles. The average Bonchev–Trinajstić information content (AvgIpc) is 3.28. The number of nitrogens with zero attached hydrogens (tertiary/aromatic N) is 2. The van der Waals surface area contributed by atoms with Crippen LogP contribution in [-0.4, -0.2) is 29.4 Å². The molecule has 7 nitrogen and oxygen atoms in total. The van der Waals surface area contributed by atoms with Crippen LogP contribution in [0.1, 0.15) is 55.2 Å². The Morgan fingerprint density at radius 1 is 1.10 bits per heavy atom. The van der Waals surface area contributed by atoms with E-state index in [0.717, 1.165) is 42.3 Å². The summed E-state index contributed by atoms with van der Waals surface area (Å²) in [5.74, 6) is 2.91. The van der Waals surface area contributed by atoms with E-state index in [2.05, 4.69) is 25.1 Å². The van der Waals surface area contributed by atoms with Gasteiger partial charge in [0.25, 0.3) is 5.69 Å². The minimum Gasteiger partial charge on any atom is -0.497 e. The van der Waals surface area contributed by atoms with Crippen LogP contribution in [-0.2, 0) is 22.1 Å². The number of hydrogen-bond acceptors (Lipinski definition) is 5. The zero-order valence-electron chi connectivity index (χ0n) is 23.6. The summed E-state index contributed by atoms with van der Waals surface area (Å²) >= 11 is 0. The van der Waals surface area contributed by atoms with Gasteiger partial charge in [-0.2, -0.15) is 0 Å². The third-order valence-corrected chi connectivity index (χ3v) is 13.2. The fraction of sp³-hybridized carbons (Fsp3) is 0.455. The smallest absolute Gasteiger partial charge is 0.302 e. The summed E-state index contributed by atoms with van der Waals surface area (Å²) in [5, 5.41) is 11.9. The SMILES string of the molecule is COc1ccc2c(c1)CC[C@@H]1[C@@H]2CC[C@@]2(C)[C@H]1C[C@@H]1CN(Cc3ccc([N+](=O)[O-])cc3)P(=O)(c3ccccc3)O[C@@H]12. The van der Waals surface area contributed by atoms with Crippen LogP contribution in [0.15, 0.2) is 72.8 Å². The summed E-state index contributed by atoms with van der Waals surface area (Å²) in [5.41, 5.74) is 3.87. The third-order valence-electron chi connectivity index (χ3n) is 10.7. The van der Waals surface area contributed by atoms with E-state index in [9.17, 15) is 14.7 Å². The quantitative estimate of drug-likeness (QED) is 0.184. The molecule has 3 fully saturated rings. The van der Waals surface area contributed by atoms with E-state index < -0.39 is 7.52 Å². The number of non-ortho nitro benzene ring substituents is 1. The fourth-order valence-corrected chi connectivity index (χ4v) is 11.4. The Kier molecular flexibility index (Phi) is 6.61. The molecule has 1 unspecified atom stereocenters. The minimum absolute atomic E-state index is 0.0142. The van der Waals surface area contributed by atoms with Crippen molar-refractivity contribution in [3.05, 3.63) is 99.6 Å². The number of methoxy groups -OCH3 is 1. The Hall–Kier alpha value is -2.99. The number of fused-ring (bicyclic) bond motifs is 7. The zero-order valence-corrected chi connectivity index (χ0v) is 24.5. The molecule has 3 aromatic rings. The number of hydrogen-bond donors (Lipinski definition) is 0. The molecule has 8 heteroatoms. The van der Waals surface area contributed by atoms with Crippen LogP contribution in [0.5, 0.6) is 5.75 Å². The first-order chi connectivity index (χ1) is 19.8. The summed E-state index contributed by atoms with van der Waals surface area (Å²) in [6.07, 6.45) is 5.48. The molecule has 3 aliphatic carbocycles. The Balaban J connectivity index is 1.20. The third kappa shape index (κ3) is 4.36. The van der Waals surface area contributed by atoms with Gasteiger partial charge in [-0.3, -0.25) is 14.7 Å². The van der Waals surface area contributed by atoms with Gasteiger partial charge >= 0.3 is 7.52 Å². The van der Waals surface area contributed by atoms with Gasteiger partial charge in [0, 0.05) is 25.2 Å². The molecule has 7 atom stereocenters. The van der Waals surface area contributed by atoms with E-state index in [0.29, 0.717) is 36.8 Å². The molecule has 41 heavy (non-hydrogen) atoms. The van der Waals surface area contributed by atoms with E-state index >= 15 is 0 Å². The Labute approximate surface area is 241 Å². The van der Waals surface area contributed by atoms with Crippen LogP contribution >= 0.6 is 7.52 Å². The van der Waals surface area contributed by atoms with Gasteiger partial charge in [-0.25, -0.2) is 4.67 Å². The van der Waals surface area contributed by atoms with Crippen molar-refractivity contribution in [3.63, 3.8) is 0 Å². The van der Waals surface area contributed by atoms with Crippen molar-refractivity contribution < 1.29 is 18.7 Å². The van der Waals surface area contributed by atoms with Gasteiger partial charge < -0.3 is 9.26 Å². The molecule has 0 aromatic heterocycles. The summed E-state index contributed by atoms with van der Waals surface area (Å²) in [6, 6.07) is 22.8. The summed E-state index contributed by atoms with van der Waals surface area (Å²) in [7, 11) is -1.63. The standard InChI is InChI=1S/C33H37N2O5P/c1-33-17-16-29-28-15-13-26(39-2)18-23(28)10-14-30(29)31(33)19-24-21-34(20-22-8-11-25(12-9-22)35(36)37)41(38,40-32(24)33)27-6-4-3-5-7-27/h3-9,11-13,15,18,24,29-32H,10,14,16-17,19-21H2,1-2H3/t24-,29-,30-,31+,32+,33+,41?/m1/s1. The van der Waals surface area contributed by atoms with Gasteiger partial charge in [-0.1, -0.05) is 43.3 Å². The largest absolute Gasteiger partial charge is 0.497 e. The molecule has 0 bridgehead atoms. The van der Waals surface area contributed by atoms with Gasteiger partial charge in [0.1, 0.15) is 5.75 Å². The van der Waals surface area contributed by atoms with Crippen LogP contribution in [0.25, 0.3) is 0 Å². The number of benzene rings is 3.